The third-order valence-corrected chi connectivity index (χ3v) is 4.87. The molecule has 25 heavy (non-hydrogen) atoms. The van der Waals surface area contributed by atoms with Crippen molar-refractivity contribution in [2.75, 3.05) is 13.1 Å². The molecule has 5 heteroatoms. The molecule has 0 bridgehead atoms. The van der Waals surface area contributed by atoms with Crippen LogP contribution in [0.15, 0.2) is 55.0 Å². The smallest absolute Gasteiger partial charge is 0.251 e. The predicted octanol–water partition coefficient (Wildman–Crippen LogP) is 2.96. The summed E-state index contributed by atoms with van der Waals surface area (Å²) in [5.41, 5.74) is 3.02. The first-order valence-electron chi connectivity index (χ1n) is 8.77. The van der Waals surface area contributed by atoms with Gasteiger partial charge in [-0.1, -0.05) is 6.07 Å². The number of benzene rings is 1. The highest BCUT2D eigenvalue weighted by Gasteiger charge is 2.21. The van der Waals surface area contributed by atoms with Gasteiger partial charge in [-0.2, -0.15) is 0 Å². The van der Waals surface area contributed by atoms with E-state index in [0.717, 1.165) is 48.9 Å². The van der Waals surface area contributed by atoms with Crippen LogP contribution in [0.1, 0.15) is 28.8 Å². The Balaban J connectivity index is 1.31. The van der Waals surface area contributed by atoms with Crippen LogP contribution in [-0.4, -0.2) is 39.9 Å². The number of carbonyl (C=O) groups is 1. The number of likely N-dealkylation sites (tertiary alicyclic amines) is 1. The van der Waals surface area contributed by atoms with E-state index < -0.39 is 0 Å². The van der Waals surface area contributed by atoms with Gasteiger partial charge in [0.1, 0.15) is 0 Å². The van der Waals surface area contributed by atoms with Crippen LogP contribution in [-0.2, 0) is 6.54 Å². The molecule has 0 spiro atoms. The number of piperidine rings is 1. The van der Waals surface area contributed by atoms with Crippen LogP contribution in [0, 0.1) is 0 Å². The van der Waals surface area contributed by atoms with Crippen LogP contribution in [0.25, 0.3) is 10.9 Å². The highest BCUT2D eigenvalue weighted by atomic mass is 16.1. The summed E-state index contributed by atoms with van der Waals surface area (Å²) in [4.78, 5) is 22.2. The monoisotopic (exact) mass is 334 g/mol. The lowest BCUT2D eigenvalue weighted by molar-refractivity contribution is 0.0909. The maximum atomic E-state index is 12.5. The van der Waals surface area contributed by atoms with Crippen molar-refractivity contribution in [3.63, 3.8) is 0 Å². The molecule has 1 fully saturated rings. The Morgan fingerprint density at radius 2 is 2.12 bits per heavy atom. The second kappa shape index (κ2) is 7.07. The van der Waals surface area contributed by atoms with E-state index in [4.69, 9.17) is 0 Å². The van der Waals surface area contributed by atoms with Gasteiger partial charge < -0.3 is 10.3 Å². The third kappa shape index (κ3) is 3.72. The van der Waals surface area contributed by atoms with E-state index in [1.165, 1.54) is 5.56 Å². The van der Waals surface area contributed by atoms with Gasteiger partial charge in [0.25, 0.3) is 5.91 Å². The van der Waals surface area contributed by atoms with Gasteiger partial charge in [-0.25, -0.2) is 0 Å². The number of nitrogens with one attached hydrogen (secondary N) is 2. The fraction of sp³-hybridized carbons (Fsp3) is 0.300. The van der Waals surface area contributed by atoms with Crippen LogP contribution < -0.4 is 5.32 Å². The SMILES string of the molecule is O=C(NC1CCN(Cc2cccnc2)CC1)c1ccc2[nH]ccc2c1. The van der Waals surface area contributed by atoms with Crippen molar-refractivity contribution in [2.45, 2.75) is 25.4 Å². The molecule has 0 atom stereocenters. The number of fused-ring (bicyclic) bond motifs is 1. The summed E-state index contributed by atoms with van der Waals surface area (Å²) in [5.74, 6) is 0.0220. The third-order valence-electron chi connectivity index (χ3n) is 4.87. The van der Waals surface area contributed by atoms with Gasteiger partial charge in [0.2, 0.25) is 0 Å². The molecule has 1 aliphatic heterocycles. The van der Waals surface area contributed by atoms with Gasteiger partial charge in [0.15, 0.2) is 0 Å². The molecule has 0 radical (unpaired) electrons. The Morgan fingerprint density at radius 1 is 1.24 bits per heavy atom. The molecule has 0 aliphatic carbocycles. The molecular weight excluding hydrogens is 312 g/mol. The van der Waals surface area contributed by atoms with Crippen LogP contribution in [0.4, 0.5) is 0 Å². The Labute approximate surface area is 147 Å². The van der Waals surface area contributed by atoms with Crippen molar-refractivity contribution in [3.8, 4) is 0 Å². The molecule has 1 amide bonds. The highest BCUT2D eigenvalue weighted by Crippen LogP contribution is 2.16. The average Bonchev–Trinajstić information content (AvgIpc) is 3.12. The van der Waals surface area contributed by atoms with E-state index in [2.05, 4.69) is 26.3 Å². The second-order valence-electron chi connectivity index (χ2n) is 6.66. The number of amides is 1. The standard InChI is InChI=1S/C20H22N4O/c25-20(17-3-4-19-16(12-17)5-9-22-19)23-18-6-10-24(11-7-18)14-15-2-1-8-21-13-15/h1-5,8-9,12-13,18,22H,6-7,10-11,14H2,(H,23,25). The lowest BCUT2D eigenvalue weighted by Crippen LogP contribution is -2.44. The van der Waals surface area contributed by atoms with Gasteiger partial charge in [-0.05, 0) is 48.7 Å². The fourth-order valence-corrected chi connectivity index (χ4v) is 3.45. The molecule has 4 rings (SSSR count). The van der Waals surface area contributed by atoms with E-state index in [1.54, 1.807) is 6.20 Å². The maximum Gasteiger partial charge on any atom is 0.251 e. The number of H-pyrrole nitrogens is 1. The molecule has 1 aliphatic rings. The normalized spacial score (nSPS) is 16.2. The molecule has 1 aromatic carbocycles. The molecule has 0 saturated carbocycles. The van der Waals surface area contributed by atoms with Crippen molar-refractivity contribution in [1.82, 2.24) is 20.2 Å². The van der Waals surface area contributed by atoms with Gasteiger partial charge in [0.05, 0.1) is 0 Å². The largest absolute Gasteiger partial charge is 0.361 e. The van der Waals surface area contributed by atoms with Crippen LogP contribution in [0.3, 0.4) is 0 Å². The topological polar surface area (TPSA) is 61.0 Å². The Morgan fingerprint density at radius 3 is 2.92 bits per heavy atom. The fourth-order valence-electron chi connectivity index (χ4n) is 3.45. The lowest BCUT2D eigenvalue weighted by Gasteiger charge is -2.32. The van der Waals surface area contributed by atoms with E-state index in [1.807, 2.05) is 42.7 Å². The van der Waals surface area contributed by atoms with Gasteiger partial charge >= 0.3 is 0 Å². The second-order valence-corrected chi connectivity index (χ2v) is 6.66. The molecule has 3 aromatic rings. The van der Waals surface area contributed by atoms with Gasteiger partial charge in [-0.15, -0.1) is 0 Å². The molecule has 5 nitrogen and oxygen atoms in total. The van der Waals surface area contributed by atoms with Crippen molar-refractivity contribution >= 4 is 16.8 Å². The minimum Gasteiger partial charge on any atom is -0.361 e. The zero-order valence-corrected chi connectivity index (χ0v) is 14.1. The molecule has 128 valence electrons. The summed E-state index contributed by atoms with van der Waals surface area (Å²) in [6, 6.07) is 12.1. The first-order chi connectivity index (χ1) is 12.3. The van der Waals surface area contributed by atoms with Crippen molar-refractivity contribution < 1.29 is 4.79 Å². The molecular formula is C20H22N4O. The molecule has 2 N–H and O–H groups in total. The Hall–Kier alpha value is -2.66. The number of aromatic nitrogens is 2. The Kier molecular flexibility index (Phi) is 4.48. The minimum atomic E-state index is 0.0220. The van der Waals surface area contributed by atoms with Crippen LogP contribution >= 0.6 is 0 Å². The quantitative estimate of drug-likeness (QED) is 0.771. The number of hydrogen-bond acceptors (Lipinski definition) is 3. The molecule has 3 heterocycles. The zero-order valence-electron chi connectivity index (χ0n) is 14.1. The van der Waals surface area contributed by atoms with Gasteiger partial charge in [0, 0.05) is 60.7 Å². The first-order valence-corrected chi connectivity index (χ1v) is 8.77. The number of carbonyl (C=O) groups excluding carboxylic acids is 1. The minimum absolute atomic E-state index is 0.0220. The molecule has 1 saturated heterocycles. The van der Waals surface area contributed by atoms with Crippen LogP contribution in [0.5, 0.6) is 0 Å². The maximum absolute atomic E-state index is 12.5. The summed E-state index contributed by atoms with van der Waals surface area (Å²) >= 11 is 0. The zero-order chi connectivity index (χ0) is 17.1. The van der Waals surface area contributed by atoms with Gasteiger partial charge in [-0.3, -0.25) is 14.7 Å². The lowest BCUT2D eigenvalue weighted by atomic mass is 10.0. The summed E-state index contributed by atoms with van der Waals surface area (Å²) in [5, 5.41) is 4.26. The molecule has 0 unspecified atom stereocenters. The predicted molar refractivity (Wildman–Crippen MR) is 98.3 cm³/mol. The van der Waals surface area contributed by atoms with E-state index in [-0.39, 0.29) is 11.9 Å². The van der Waals surface area contributed by atoms with E-state index in [0.29, 0.717) is 0 Å². The number of hydrogen-bond donors (Lipinski definition) is 2. The summed E-state index contributed by atoms with van der Waals surface area (Å²) in [6.07, 6.45) is 7.59. The average molecular weight is 334 g/mol. The van der Waals surface area contributed by atoms with E-state index >= 15 is 0 Å². The van der Waals surface area contributed by atoms with Crippen molar-refractivity contribution in [3.05, 3.63) is 66.1 Å². The molecule has 2 aromatic heterocycles. The number of nitrogens with zero attached hydrogens (tertiary/aromatic N) is 2. The highest BCUT2D eigenvalue weighted by molar-refractivity contribution is 5.98. The Bertz CT molecular complexity index is 850. The number of pyridine rings is 1. The number of rotatable bonds is 4. The van der Waals surface area contributed by atoms with Crippen molar-refractivity contribution in [1.29, 1.82) is 0 Å². The van der Waals surface area contributed by atoms with E-state index in [9.17, 15) is 4.79 Å². The van der Waals surface area contributed by atoms with Crippen molar-refractivity contribution in [2.24, 2.45) is 0 Å². The summed E-state index contributed by atoms with van der Waals surface area (Å²) in [6.45, 7) is 2.92. The summed E-state index contributed by atoms with van der Waals surface area (Å²) < 4.78 is 0. The summed E-state index contributed by atoms with van der Waals surface area (Å²) in [7, 11) is 0. The van der Waals surface area contributed by atoms with Crippen LogP contribution in [0.2, 0.25) is 0 Å². The number of aromatic amines is 1. The first kappa shape index (κ1) is 15.8.